The molecule has 0 spiro atoms. The molecular weight excluding hydrogens is 332 g/mol. The molecule has 0 unspecified atom stereocenters. The third kappa shape index (κ3) is 5.42. The highest BCUT2D eigenvalue weighted by molar-refractivity contribution is 6.18. The molecule has 0 aromatic rings. The van der Waals surface area contributed by atoms with Gasteiger partial charge in [-0.25, -0.2) is 4.79 Å². The molecule has 9 nitrogen and oxygen atoms in total. The van der Waals surface area contributed by atoms with Gasteiger partial charge in [-0.3, -0.25) is 4.90 Å². The molecule has 23 heavy (non-hydrogen) atoms. The van der Waals surface area contributed by atoms with Gasteiger partial charge in [-0.2, -0.15) is 0 Å². The van der Waals surface area contributed by atoms with Gasteiger partial charge in [0.15, 0.2) is 6.23 Å². The Bertz CT molecular complexity index is 361. The second kappa shape index (κ2) is 10.2. The van der Waals surface area contributed by atoms with E-state index in [1.54, 1.807) is 0 Å². The number of aliphatic hydroxyl groups excluding tert-OH is 4. The maximum Gasteiger partial charge on any atom is 0.319 e. The highest BCUT2D eigenvalue weighted by atomic mass is 35.5. The van der Waals surface area contributed by atoms with Crippen molar-refractivity contribution in [3.63, 3.8) is 0 Å². The van der Waals surface area contributed by atoms with E-state index in [2.05, 4.69) is 5.32 Å². The lowest BCUT2D eigenvalue weighted by atomic mass is 9.98. The number of ether oxygens (including phenoxy) is 2. The number of amides is 2. The molecular formula is C13H25ClN2O7. The fourth-order valence-electron chi connectivity index (χ4n) is 2.32. The van der Waals surface area contributed by atoms with Crippen molar-refractivity contribution in [2.24, 2.45) is 0 Å². The lowest BCUT2D eigenvalue weighted by Gasteiger charge is -2.44. The van der Waals surface area contributed by atoms with Crippen LogP contribution in [0.3, 0.4) is 0 Å². The van der Waals surface area contributed by atoms with E-state index in [4.69, 9.17) is 21.1 Å². The molecule has 1 rings (SSSR count). The summed E-state index contributed by atoms with van der Waals surface area (Å²) in [5, 5.41) is 41.6. The van der Waals surface area contributed by atoms with E-state index in [0.29, 0.717) is 13.0 Å². The lowest BCUT2D eigenvalue weighted by Crippen LogP contribution is -2.65. The zero-order valence-corrected chi connectivity index (χ0v) is 13.7. The zero-order chi connectivity index (χ0) is 17.4. The summed E-state index contributed by atoms with van der Waals surface area (Å²) in [4.78, 5) is 13.4. The van der Waals surface area contributed by atoms with Gasteiger partial charge >= 0.3 is 6.03 Å². The average molecular weight is 357 g/mol. The van der Waals surface area contributed by atoms with Gasteiger partial charge in [-0.15, -0.1) is 11.6 Å². The van der Waals surface area contributed by atoms with Crippen LogP contribution in [0.15, 0.2) is 0 Å². The Labute approximate surface area is 139 Å². The number of halogens is 1. The first-order chi connectivity index (χ1) is 11.0. The van der Waals surface area contributed by atoms with Gasteiger partial charge in [0.25, 0.3) is 0 Å². The van der Waals surface area contributed by atoms with Crippen molar-refractivity contribution in [1.82, 2.24) is 10.2 Å². The van der Waals surface area contributed by atoms with Gasteiger partial charge in [-0.1, -0.05) is 0 Å². The van der Waals surface area contributed by atoms with Crippen LogP contribution in [-0.4, -0.2) is 101 Å². The number of nitrogens with zero attached hydrogens (tertiary/aromatic N) is 1. The van der Waals surface area contributed by atoms with Crippen LogP contribution in [-0.2, 0) is 9.47 Å². The average Bonchev–Trinajstić information content (AvgIpc) is 2.55. The SMILES string of the molecule is COCCCN(C(=O)NCCCl)[C@@H]1O[C@H](CO)[C@H](O)[C@H](O)[C@H]1O. The summed E-state index contributed by atoms with van der Waals surface area (Å²) < 4.78 is 10.3. The van der Waals surface area contributed by atoms with Crippen molar-refractivity contribution < 1.29 is 34.7 Å². The number of urea groups is 1. The van der Waals surface area contributed by atoms with Crippen molar-refractivity contribution in [1.29, 1.82) is 0 Å². The highest BCUT2D eigenvalue weighted by Crippen LogP contribution is 2.24. The molecule has 0 bridgehead atoms. The van der Waals surface area contributed by atoms with E-state index in [9.17, 15) is 25.2 Å². The summed E-state index contributed by atoms with van der Waals surface area (Å²) in [6.07, 6.45) is -6.35. The molecule has 0 aliphatic carbocycles. The number of carbonyl (C=O) groups excluding carboxylic acids is 1. The predicted octanol–water partition coefficient (Wildman–Crippen LogP) is -1.93. The molecule has 1 saturated heterocycles. The van der Waals surface area contributed by atoms with Crippen LogP contribution >= 0.6 is 11.6 Å². The van der Waals surface area contributed by atoms with Crippen LogP contribution in [0.1, 0.15) is 6.42 Å². The Morgan fingerprint density at radius 2 is 2.00 bits per heavy atom. The summed E-state index contributed by atoms with van der Waals surface area (Å²) in [6, 6.07) is -0.536. The topological polar surface area (TPSA) is 132 Å². The van der Waals surface area contributed by atoms with Crippen LogP contribution in [0.4, 0.5) is 4.79 Å². The minimum Gasteiger partial charge on any atom is -0.394 e. The van der Waals surface area contributed by atoms with Gasteiger partial charge in [-0.05, 0) is 6.42 Å². The highest BCUT2D eigenvalue weighted by Gasteiger charge is 2.46. The van der Waals surface area contributed by atoms with Crippen molar-refractivity contribution in [2.45, 2.75) is 37.1 Å². The number of aliphatic hydroxyl groups is 4. The van der Waals surface area contributed by atoms with Crippen LogP contribution in [0.2, 0.25) is 0 Å². The number of hydrogen-bond acceptors (Lipinski definition) is 7. The summed E-state index contributed by atoms with van der Waals surface area (Å²) in [6.45, 7) is 0.233. The first-order valence-corrected chi connectivity index (χ1v) is 7.91. The first-order valence-electron chi connectivity index (χ1n) is 7.37. The second-order valence-electron chi connectivity index (χ2n) is 5.18. The minimum absolute atomic E-state index is 0.185. The zero-order valence-electron chi connectivity index (χ0n) is 13.0. The molecule has 0 aromatic carbocycles. The smallest absolute Gasteiger partial charge is 0.319 e. The molecule has 2 amide bonds. The van der Waals surface area contributed by atoms with Crippen molar-refractivity contribution in [3.05, 3.63) is 0 Å². The monoisotopic (exact) mass is 356 g/mol. The number of alkyl halides is 1. The summed E-state index contributed by atoms with van der Waals surface area (Å²) in [5.74, 6) is 0.215. The van der Waals surface area contributed by atoms with E-state index < -0.39 is 43.3 Å². The third-order valence-corrected chi connectivity index (χ3v) is 3.74. The number of nitrogens with one attached hydrogen (secondary N) is 1. The molecule has 1 aliphatic rings. The van der Waals surface area contributed by atoms with E-state index in [0.717, 1.165) is 0 Å². The Hall–Kier alpha value is -0.680. The first kappa shape index (κ1) is 20.4. The molecule has 5 N–H and O–H groups in total. The van der Waals surface area contributed by atoms with Gasteiger partial charge in [0.1, 0.15) is 24.4 Å². The van der Waals surface area contributed by atoms with E-state index in [1.807, 2.05) is 0 Å². The normalized spacial score (nSPS) is 31.0. The Balaban J connectivity index is 2.86. The molecule has 10 heteroatoms. The summed E-state index contributed by atoms with van der Waals surface area (Å²) in [7, 11) is 1.52. The molecule has 0 radical (unpaired) electrons. The number of carbonyl (C=O) groups is 1. The van der Waals surface area contributed by atoms with E-state index >= 15 is 0 Å². The maximum atomic E-state index is 12.2. The quantitative estimate of drug-likeness (QED) is 0.253. The van der Waals surface area contributed by atoms with Crippen LogP contribution < -0.4 is 5.32 Å². The van der Waals surface area contributed by atoms with Gasteiger partial charge in [0.05, 0.1) is 6.61 Å². The fraction of sp³-hybridized carbons (Fsp3) is 0.923. The molecule has 136 valence electrons. The van der Waals surface area contributed by atoms with Gasteiger partial charge in [0.2, 0.25) is 0 Å². The van der Waals surface area contributed by atoms with Crippen molar-refractivity contribution >= 4 is 17.6 Å². The fourth-order valence-corrected chi connectivity index (χ4v) is 2.41. The van der Waals surface area contributed by atoms with Crippen LogP contribution in [0, 0.1) is 0 Å². The van der Waals surface area contributed by atoms with Crippen LogP contribution in [0.25, 0.3) is 0 Å². The Kier molecular flexibility index (Phi) is 9.07. The summed E-state index contributed by atoms with van der Waals surface area (Å²) in [5.41, 5.74) is 0. The summed E-state index contributed by atoms with van der Waals surface area (Å²) >= 11 is 5.54. The molecule has 0 saturated carbocycles. The molecule has 5 atom stereocenters. The number of hydrogen-bond donors (Lipinski definition) is 5. The van der Waals surface area contributed by atoms with E-state index in [-0.39, 0.29) is 19.0 Å². The van der Waals surface area contributed by atoms with Crippen molar-refractivity contribution in [2.75, 3.05) is 39.3 Å². The largest absolute Gasteiger partial charge is 0.394 e. The van der Waals surface area contributed by atoms with Gasteiger partial charge < -0.3 is 35.2 Å². The Morgan fingerprint density at radius 3 is 2.57 bits per heavy atom. The number of rotatable bonds is 8. The minimum atomic E-state index is -1.54. The van der Waals surface area contributed by atoms with E-state index in [1.165, 1.54) is 12.0 Å². The second-order valence-corrected chi connectivity index (χ2v) is 5.56. The van der Waals surface area contributed by atoms with Gasteiger partial charge in [0, 0.05) is 32.7 Å². The standard InChI is InChI=1S/C13H25ClN2O7/c1-22-6-2-5-16(13(21)15-4-3-14)12-11(20)10(19)9(18)8(7-17)23-12/h8-12,17-20H,2-7H2,1H3,(H,15,21)/t8-,9+,10+,11-,12-/m1/s1. The lowest BCUT2D eigenvalue weighted by molar-refractivity contribution is -0.257. The Morgan fingerprint density at radius 1 is 1.30 bits per heavy atom. The molecule has 1 aliphatic heterocycles. The molecule has 1 fully saturated rings. The van der Waals surface area contributed by atoms with Crippen molar-refractivity contribution in [3.8, 4) is 0 Å². The number of methoxy groups -OCH3 is 1. The molecule has 1 heterocycles. The van der Waals surface area contributed by atoms with Crippen LogP contribution in [0.5, 0.6) is 0 Å². The predicted molar refractivity (Wildman–Crippen MR) is 81.1 cm³/mol. The third-order valence-electron chi connectivity index (χ3n) is 3.55. The maximum absolute atomic E-state index is 12.2. The molecule has 0 aromatic heterocycles.